The van der Waals surface area contributed by atoms with Crippen molar-refractivity contribution in [3.05, 3.63) is 59.9 Å². The van der Waals surface area contributed by atoms with Gasteiger partial charge in [-0.1, -0.05) is 12.1 Å². The quantitative estimate of drug-likeness (QED) is 0.681. The molecule has 7 nitrogen and oxygen atoms in total. The lowest BCUT2D eigenvalue weighted by Crippen LogP contribution is -2.53. The molecular formula is C19H24Cl2N4O3. The maximum absolute atomic E-state index is 12.4. The number of pyridine rings is 1. The minimum atomic E-state index is -0.412. The number of ether oxygens (including phenoxy) is 1. The number of amides is 2. The van der Waals surface area contributed by atoms with Gasteiger partial charge in [0.2, 0.25) is 5.91 Å². The van der Waals surface area contributed by atoms with Crippen molar-refractivity contribution in [3.8, 4) is 0 Å². The van der Waals surface area contributed by atoms with E-state index in [1.807, 2.05) is 25.1 Å². The third-order valence-electron chi connectivity index (χ3n) is 4.15. The number of hydrogen-bond donors (Lipinski definition) is 3. The summed E-state index contributed by atoms with van der Waals surface area (Å²) in [5.41, 5.74) is 1.82. The van der Waals surface area contributed by atoms with Crippen LogP contribution in [0, 0.1) is 0 Å². The molecule has 0 saturated carbocycles. The van der Waals surface area contributed by atoms with E-state index < -0.39 is 6.04 Å². The lowest BCUT2D eigenvalue weighted by molar-refractivity contribution is -0.123. The standard InChI is InChI=1S/C19H22N4O3.2ClH/c1-13-17(21-9-10-26-13)19(25)23-15-7-4-5-14(11-15)18(24)22-12-16-6-2-3-8-20-16;;/h2-8,11,13,17,21H,9-10,12H2,1H3,(H,22,24)(H,23,25);2*1H/t13-,17+;;/m1../s1. The van der Waals surface area contributed by atoms with Gasteiger partial charge in [0, 0.05) is 24.0 Å². The first-order chi connectivity index (χ1) is 12.6. The number of rotatable bonds is 5. The number of aromatic nitrogens is 1. The Morgan fingerprint density at radius 3 is 2.75 bits per heavy atom. The molecule has 1 aliphatic heterocycles. The Labute approximate surface area is 176 Å². The molecule has 2 atom stereocenters. The fourth-order valence-electron chi connectivity index (χ4n) is 2.76. The molecule has 1 fully saturated rings. The number of hydrogen-bond acceptors (Lipinski definition) is 5. The molecule has 2 aromatic rings. The first-order valence-electron chi connectivity index (χ1n) is 8.57. The Hall–Kier alpha value is -2.19. The van der Waals surface area contributed by atoms with Gasteiger partial charge in [-0.15, -0.1) is 24.8 Å². The van der Waals surface area contributed by atoms with Crippen LogP contribution in [0.1, 0.15) is 23.0 Å². The lowest BCUT2D eigenvalue weighted by Gasteiger charge is -2.29. The minimum absolute atomic E-state index is 0. The fraction of sp³-hybridized carbons (Fsp3) is 0.316. The van der Waals surface area contributed by atoms with Crippen LogP contribution in [0.2, 0.25) is 0 Å². The van der Waals surface area contributed by atoms with E-state index in [9.17, 15) is 9.59 Å². The number of carbonyl (C=O) groups excluding carboxylic acids is 2. The third kappa shape index (κ3) is 6.45. The summed E-state index contributed by atoms with van der Waals surface area (Å²) in [5, 5.41) is 8.80. The highest BCUT2D eigenvalue weighted by Gasteiger charge is 2.28. The highest BCUT2D eigenvalue weighted by atomic mass is 35.5. The average molecular weight is 427 g/mol. The van der Waals surface area contributed by atoms with Gasteiger partial charge >= 0.3 is 0 Å². The summed E-state index contributed by atoms with van der Waals surface area (Å²) in [6.07, 6.45) is 1.48. The Bertz CT molecular complexity index is 777. The second-order valence-corrected chi connectivity index (χ2v) is 6.08. The van der Waals surface area contributed by atoms with E-state index >= 15 is 0 Å². The fourth-order valence-corrected chi connectivity index (χ4v) is 2.76. The van der Waals surface area contributed by atoms with Crippen molar-refractivity contribution in [3.63, 3.8) is 0 Å². The zero-order chi connectivity index (χ0) is 18.4. The van der Waals surface area contributed by atoms with Gasteiger partial charge in [0.05, 0.1) is 24.9 Å². The molecule has 0 aliphatic carbocycles. The minimum Gasteiger partial charge on any atom is -0.375 e. The molecule has 1 aromatic heterocycles. The van der Waals surface area contributed by atoms with Crippen molar-refractivity contribution < 1.29 is 14.3 Å². The average Bonchev–Trinajstić information content (AvgIpc) is 2.67. The second-order valence-electron chi connectivity index (χ2n) is 6.08. The van der Waals surface area contributed by atoms with Crippen LogP contribution in [0.25, 0.3) is 0 Å². The zero-order valence-electron chi connectivity index (χ0n) is 15.4. The van der Waals surface area contributed by atoms with Crippen LogP contribution in [0.5, 0.6) is 0 Å². The van der Waals surface area contributed by atoms with Crippen molar-refractivity contribution in [2.24, 2.45) is 0 Å². The summed E-state index contributed by atoms with van der Waals surface area (Å²) in [6.45, 7) is 3.43. The molecule has 2 heterocycles. The van der Waals surface area contributed by atoms with Crippen LogP contribution < -0.4 is 16.0 Å². The first-order valence-corrected chi connectivity index (χ1v) is 8.57. The maximum atomic E-state index is 12.4. The van der Waals surface area contributed by atoms with Crippen molar-refractivity contribution in [2.75, 3.05) is 18.5 Å². The summed E-state index contributed by atoms with van der Waals surface area (Å²) in [4.78, 5) is 28.9. The molecule has 1 aliphatic rings. The van der Waals surface area contributed by atoms with Crippen LogP contribution in [0.15, 0.2) is 48.7 Å². The van der Waals surface area contributed by atoms with E-state index in [4.69, 9.17) is 4.74 Å². The molecule has 0 bridgehead atoms. The summed E-state index contributed by atoms with van der Waals surface area (Å²) in [6, 6.07) is 12.0. The van der Waals surface area contributed by atoms with Gasteiger partial charge in [-0.25, -0.2) is 0 Å². The van der Waals surface area contributed by atoms with Gasteiger partial charge in [-0.2, -0.15) is 0 Å². The highest BCUT2D eigenvalue weighted by Crippen LogP contribution is 2.13. The van der Waals surface area contributed by atoms with E-state index in [-0.39, 0.29) is 42.7 Å². The van der Waals surface area contributed by atoms with Gasteiger partial charge in [0.1, 0.15) is 6.04 Å². The number of nitrogens with zero attached hydrogens (tertiary/aromatic N) is 1. The van der Waals surface area contributed by atoms with Crippen molar-refractivity contribution in [1.82, 2.24) is 15.6 Å². The Morgan fingerprint density at radius 2 is 2.04 bits per heavy atom. The van der Waals surface area contributed by atoms with Crippen LogP contribution in [0.4, 0.5) is 5.69 Å². The molecule has 28 heavy (non-hydrogen) atoms. The van der Waals surface area contributed by atoms with Gasteiger partial charge in [0.15, 0.2) is 0 Å². The molecule has 0 spiro atoms. The SMILES string of the molecule is C[C@H]1OCCN[C@@H]1C(=O)Nc1cccc(C(=O)NCc2ccccn2)c1.Cl.Cl. The van der Waals surface area contributed by atoms with Crippen LogP contribution in [0.3, 0.4) is 0 Å². The smallest absolute Gasteiger partial charge is 0.251 e. The number of benzene rings is 1. The molecule has 1 aromatic carbocycles. The molecule has 2 amide bonds. The lowest BCUT2D eigenvalue weighted by atomic mass is 10.1. The third-order valence-corrected chi connectivity index (χ3v) is 4.15. The second kappa shape index (κ2) is 11.6. The number of morpholine rings is 1. The molecule has 0 unspecified atom stereocenters. The number of anilines is 1. The van der Waals surface area contributed by atoms with Gasteiger partial charge in [-0.05, 0) is 37.3 Å². The van der Waals surface area contributed by atoms with E-state index in [1.54, 1.807) is 30.5 Å². The van der Waals surface area contributed by atoms with Crippen molar-refractivity contribution >= 4 is 42.3 Å². The Balaban J connectivity index is 0.00000196. The first kappa shape index (κ1) is 23.8. The topological polar surface area (TPSA) is 92.4 Å². The van der Waals surface area contributed by atoms with Crippen molar-refractivity contribution in [1.29, 1.82) is 0 Å². The van der Waals surface area contributed by atoms with E-state index in [0.29, 0.717) is 30.9 Å². The summed E-state index contributed by atoms with van der Waals surface area (Å²) >= 11 is 0. The number of nitrogens with one attached hydrogen (secondary N) is 3. The summed E-state index contributed by atoms with van der Waals surface area (Å²) in [7, 11) is 0. The summed E-state index contributed by atoms with van der Waals surface area (Å²) < 4.78 is 5.49. The molecular weight excluding hydrogens is 403 g/mol. The molecule has 152 valence electrons. The molecule has 3 N–H and O–H groups in total. The molecule has 1 saturated heterocycles. The van der Waals surface area contributed by atoms with Crippen LogP contribution >= 0.6 is 24.8 Å². The number of carbonyl (C=O) groups is 2. The Morgan fingerprint density at radius 1 is 1.21 bits per heavy atom. The molecule has 9 heteroatoms. The predicted molar refractivity (Wildman–Crippen MR) is 112 cm³/mol. The maximum Gasteiger partial charge on any atom is 0.251 e. The van der Waals surface area contributed by atoms with Gasteiger partial charge in [0.25, 0.3) is 5.91 Å². The van der Waals surface area contributed by atoms with E-state index in [0.717, 1.165) is 5.69 Å². The van der Waals surface area contributed by atoms with Gasteiger partial charge < -0.3 is 20.7 Å². The van der Waals surface area contributed by atoms with Gasteiger partial charge in [-0.3, -0.25) is 14.6 Å². The Kier molecular flexibility index (Phi) is 9.89. The van der Waals surface area contributed by atoms with E-state index in [2.05, 4.69) is 20.9 Å². The highest BCUT2D eigenvalue weighted by molar-refractivity contribution is 5.98. The number of halogens is 2. The normalized spacial score (nSPS) is 18.2. The van der Waals surface area contributed by atoms with Crippen LogP contribution in [-0.4, -0.2) is 42.1 Å². The monoisotopic (exact) mass is 426 g/mol. The largest absolute Gasteiger partial charge is 0.375 e. The van der Waals surface area contributed by atoms with Crippen LogP contribution in [-0.2, 0) is 16.1 Å². The predicted octanol–water partition coefficient (Wildman–Crippen LogP) is 2.17. The van der Waals surface area contributed by atoms with Crippen molar-refractivity contribution in [2.45, 2.75) is 25.6 Å². The molecule has 3 rings (SSSR count). The molecule has 0 radical (unpaired) electrons. The summed E-state index contributed by atoms with van der Waals surface area (Å²) in [5.74, 6) is -0.400. The zero-order valence-corrected chi connectivity index (χ0v) is 17.0. The van der Waals surface area contributed by atoms with E-state index in [1.165, 1.54) is 0 Å².